The van der Waals surface area contributed by atoms with Crippen LogP contribution < -0.4 is 10.1 Å². The Morgan fingerprint density at radius 3 is 2.48 bits per heavy atom. The van der Waals surface area contributed by atoms with Crippen molar-refractivity contribution in [3.8, 4) is 28.3 Å². The number of alkyl halides is 1. The fourth-order valence-electron chi connectivity index (χ4n) is 2.79. The highest BCUT2D eigenvalue weighted by atomic mass is 19.1. The number of fused-ring (bicyclic) bond motifs is 1. The zero-order chi connectivity index (χ0) is 18.6. The first-order chi connectivity index (χ1) is 13.3. The molecule has 0 fully saturated rings. The number of oxazole rings is 1. The second-order valence-electron chi connectivity index (χ2n) is 5.95. The largest absolute Gasteiger partial charge is 0.491 e. The zero-order valence-electron chi connectivity index (χ0n) is 14.8. The third-order valence-corrected chi connectivity index (χ3v) is 4.19. The maximum Gasteiger partial charge on any atom is 0.227 e. The molecule has 0 saturated carbocycles. The topological polar surface area (TPSA) is 60.2 Å². The van der Waals surface area contributed by atoms with Crippen LogP contribution in [0.2, 0.25) is 0 Å². The van der Waals surface area contributed by atoms with Gasteiger partial charge < -0.3 is 14.5 Å². The van der Waals surface area contributed by atoms with Gasteiger partial charge in [0, 0.05) is 30.4 Å². The van der Waals surface area contributed by atoms with Gasteiger partial charge in [-0.2, -0.15) is 0 Å². The molecule has 1 N–H and O–H groups in total. The first-order valence-electron chi connectivity index (χ1n) is 8.61. The van der Waals surface area contributed by atoms with Crippen molar-refractivity contribution in [2.45, 2.75) is 0 Å². The molecule has 0 atom stereocenters. The molecule has 2 aromatic carbocycles. The minimum Gasteiger partial charge on any atom is -0.491 e. The van der Waals surface area contributed by atoms with E-state index in [1.165, 1.54) is 0 Å². The van der Waals surface area contributed by atoms with Crippen LogP contribution in [0.4, 0.5) is 10.2 Å². The maximum absolute atomic E-state index is 12.2. The van der Waals surface area contributed by atoms with E-state index in [1.54, 1.807) is 18.2 Å². The van der Waals surface area contributed by atoms with E-state index in [-0.39, 0.29) is 6.61 Å². The van der Waals surface area contributed by atoms with E-state index in [9.17, 15) is 4.39 Å². The molecular formula is C21H18FN3O2. The second-order valence-corrected chi connectivity index (χ2v) is 5.95. The molecule has 0 aliphatic heterocycles. The van der Waals surface area contributed by atoms with Gasteiger partial charge in [0.15, 0.2) is 5.58 Å². The van der Waals surface area contributed by atoms with Crippen LogP contribution in [0, 0.1) is 0 Å². The average molecular weight is 363 g/mol. The third-order valence-electron chi connectivity index (χ3n) is 4.19. The molecule has 0 spiro atoms. The van der Waals surface area contributed by atoms with Crippen LogP contribution in [0.25, 0.3) is 33.7 Å². The molecule has 4 rings (SSSR count). The van der Waals surface area contributed by atoms with E-state index in [2.05, 4.69) is 15.3 Å². The van der Waals surface area contributed by atoms with Crippen molar-refractivity contribution in [1.82, 2.24) is 9.97 Å². The molecule has 0 aliphatic rings. The fraction of sp³-hybridized carbons (Fsp3) is 0.143. The van der Waals surface area contributed by atoms with Crippen molar-refractivity contribution in [3.05, 3.63) is 60.8 Å². The summed E-state index contributed by atoms with van der Waals surface area (Å²) in [7, 11) is 1.84. The number of ether oxygens (including phenoxy) is 1. The van der Waals surface area contributed by atoms with Crippen LogP contribution in [0.5, 0.6) is 5.75 Å². The molecule has 0 unspecified atom stereocenters. The Bertz CT molecular complexity index is 1040. The van der Waals surface area contributed by atoms with Gasteiger partial charge in [-0.15, -0.1) is 0 Å². The van der Waals surface area contributed by atoms with Gasteiger partial charge in [-0.25, -0.2) is 14.4 Å². The van der Waals surface area contributed by atoms with Gasteiger partial charge in [0.25, 0.3) is 0 Å². The quantitative estimate of drug-likeness (QED) is 0.525. The smallest absolute Gasteiger partial charge is 0.227 e. The van der Waals surface area contributed by atoms with Crippen molar-refractivity contribution < 1.29 is 13.5 Å². The van der Waals surface area contributed by atoms with E-state index in [0.717, 1.165) is 28.0 Å². The Morgan fingerprint density at radius 1 is 1.00 bits per heavy atom. The summed E-state index contributed by atoms with van der Waals surface area (Å²) >= 11 is 0. The van der Waals surface area contributed by atoms with E-state index in [0.29, 0.717) is 17.2 Å². The molecule has 0 bridgehead atoms. The van der Waals surface area contributed by atoms with Crippen molar-refractivity contribution >= 4 is 16.9 Å². The second kappa shape index (κ2) is 7.45. The number of pyridine rings is 1. The third kappa shape index (κ3) is 3.60. The van der Waals surface area contributed by atoms with Crippen LogP contribution in [-0.2, 0) is 0 Å². The lowest BCUT2D eigenvalue weighted by Gasteiger charge is -2.04. The summed E-state index contributed by atoms with van der Waals surface area (Å²) in [5, 5.41) is 3.00. The summed E-state index contributed by atoms with van der Waals surface area (Å²) < 4.78 is 23.4. The number of nitrogens with zero attached hydrogens (tertiary/aromatic N) is 2. The summed E-state index contributed by atoms with van der Waals surface area (Å²) in [6, 6.07) is 17.2. The Morgan fingerprint density at radius 2 is 1.78 bits per heavy atom. The highest BCUT2D eigenvalue weighted by molar-refractivity contribution is 5.78. The lowest BCUT2D eigenvalue weighted by Crippen LogP contribution is -1.97. The standard InChI is InChI=1S/C21H18FN3O2/c1-23-20-9-6-16(13-24-20)14-2-4-15(5-3-14)21-25-18-8-7-17(26-11-10-22)12-19(18)27-21/h2-9,12-13H,10-11H2,1H3,(H,23,24). The number of halogens is 1. The van der Waals surface area contributed by atoms with Gasteiger partial charge in [0.05, 0.1) is 0 Å². The van der Waals surface area contributed by atoms with Gasteiger partial charge >= 0.3 is 0 Å². The number of anilines is 1. The van der Waals surface area contributed by atoms with Crippen LogP contribution in [-0.4, -0.2) is 30.3 Å². The van der Waals surface area contributed by atoms with Crippen LogP contribution >= 0.6 is 0 Å². The first kappa shape index (κ1) is 17.0. The minimum absolute atomic E-state index is 0.0259. The Hall–Kier alpha value is -3.41. The van der Waals surface area contributed by atoms with Crippen molar-refractivity contribution in [3.63, 3.8) is 0 Å². The van der Waals surface area contributed by atoms with Crippen LogP contribution in [0.3, 0.4) is 0 Å². The monoisotopic (exact) mass is 363 g/mol. The minimum atomic E-state index is -0.529. The number of hydrogen-bond acceptors (Lipinski definition) is 5. The molecule has 0 amide bonds. The average Bonchev–Trinajstić information content (AvgIpc) is 3.16. The molecule has 5 nitrogen and oxygen atoms in total. The van der Waals surface area contributed by atoms with Gasteiger partial charge in [-0.1, -0.05) is 12.1 Å². The van der Waals surface area contributed by atoms with E-state index in [4.69, 9.17) is 9.15 Å². The molecule has 2 heterocycles. The highest BCUT2D eigenvalue weighted by Crippen LogP contribution is 2.29. The SMILES string of the molecule is CNc1ccc(-c2ccc(-c3nc4ccc(OCCF)cc4o3)cc2)cn1. The molecule has 136 valence electrons. The lowest BCUT2D eigenvalue weighted by molar-refractivity contribution is 0.273. The predicted octanol–water partition coefficient (Wildman–Crippen LogP) is 4.95. The summed E-state index contributed by atoms with van der Waals surface area (Å²) in [5.74, 6) is 1.93. The Labute approximate surface area is 155 Å². The molecule has 0 radical (unpaired) electrons. The van der Waals surface area contributed by atoms with E-state index in [1.807, 2.05) is 49.6 Å². The van der Waals surface area contributed by atoms with Gasteiger partial charge in [0.2, 0.25) is 5.89 Å². The summed E-state index contributed by atoms with van der Waals surface area (Å²) in [5.41, 5.74) is 4.31. The van der Waals surface area contributed by atoms with E-state index < -0.39 is 6.67 Å². The lowest BCUT2D eigenvalue weighted by atomic mass is 10.1. The Kier molecular flexibility index (Phi) is 4.70. The molecule has 4 aromatic rings. The maximum atomic E-state index is 12.2. The molecule has 0 saturated heterocycles. The van der Waals surface area contributed by atoms with Crippen molar-refractivity contribution in [2.24, 2.45) is 0 Å². The normalized spacial score (nSPS) is 10.9. The summed E-state index contributed by atoms with van der Waals surface area (Å²) in [4.78, 5) is 8.85. The van der Waals surface area contributed by atoms with E-state index >= 15 is 0 Å². The molecular weight excluding hydrogens is 345 g/mol. The van der Waals surface area contributed by atoms with Crippen molar-refractivity contribution in [2.75, 3.05) is 25.6 Å². The molecule has 27 heavy (non-hydrogen) atoms. The van der Waals surface area contributed by atoms with Crippen LogP contribution in [0.15, 0.2) is 65.2 Å². The van der Waals surface area contributed by atoms with Gasteiger partial charge in [-0.05, 0) is 42.0 Å². The van der Waals surface area contributed by atoms with Crippen molar-refractivity contribution in [1.29, 1.82) is 0 Å². The summed E-state index contributed by atoms with van der Waals surface area (Å²) in [6.45, 7) is -0.503. The number of nitrogens with one attached hydrogen (secondary N) is 1. The van der Waals surface area contributed by atoms with Gasteiger partial charge in [-0.3, -0.25) is 0 Å². The highest BCUT2D eigenvalue weighted by Gasteiger charge is 2.10. The summed E-state index contributed by atoms with van der Waals surface area (Å²) in [6.07, 6.45) is 1.83. The number of aromatic nitrogens is 2. The number of benzene rings is 2. The molecule has 6 heteroatoms. The first-order valence-corrected chi connectivity index (χ1v) is 8.61. The zero-order valence-corrected chi connectivity index (χ0v) is 14.8. The number of rotatable bonds is 6. The fourth-order valence-corrected chi connectivity index (χ4v) is 2.79. The molecule has 2 aromatic heterocycles. The van der Waals surface area contributed by atoms with Crippen LogP contribution in [0.1, 0.15) is 0 Å². The predicted molar refractivity (Wildman–Crippen MR) is 104 cm³/mol. The number of hydrogen-bond donors (Lipinski definition) is 1. The Balaban J connectivity index is 1.59. The molecule has 0 aliphatic carbocycles. The van der Waals surface area contributed by atoms with Gasteiger partial charge in [0.1, 0.15) is 30.4 Å².